The van der Waals surface area contributed by atoms with Gasteiger partial charge in [0.15, 0.2) is 0 Å². The van der Waals surface area contributed by atoms with E-state index in [0.29, 0.717) is 16.5 Å². The monoisotopic (exact) mass is 267 g/mol. The topological polar surface area (TPSA) is 68.7 Å². The number of hydrogen-bond donors (Lipinski definition) is 1. The van der Waals surface area contributed by atoms with Gasteiger partial charge in [-0.25, -0.2) is 4.79 Å². The molecular formula is C12H13NO4S. The Morgan fingerprint density at radius 1 is 1.44 bits per heavy atom. The van der Waals surface area contributed by atoms with Crippen LogP contribution in [0.2, 0.25) is 0 Å². The van der Waals surface area contributed by atoms with Crippen molar-refractivity contribution in [1.82, 2.24) is 4.98 Å². The summed E-state index contributed by atoms with van der Waals surface area (Å²) in [5, 5.41) is 9.55. The average molecular weight is 267 g/mol. The molecule has 0 saturated carbocycles. The summed E-state index contributed by atoms with van der Waals surface area (Å²) in [5.41, 5.74) is 0.819. The molecular weight excluding hydrogens is 254 g/mol. The Morgan fingerprint density at radius 3 is 2.72 bits per heavy atom. The van der Waals surface area contributed by atoms with E-state index in [1.165, 1.54) is 24.5 Å². The van der Waals surface area contributed by atoms with Crippen molar-refractivity contribution in [2.45, 2.75) is 20.0 Å². The van der Waals surface area contributed by atoms with Crippen LogP contribution in [-0.2, 0) is 0 Å². The molecule has 0 radical (unpaired) electrons. The molecule has 0 amide bonds. The zero-order valence-corrected chi connectivity index (χ0v) is 11.1. The molecule has 1 heterocycles. The highest BCUT2D eigenvalue weighted by atomic mass is 32.1. The van der Waals surface area contributed by atoms with Gasteiger partial charge in [-0.05, 0) is 26.0 Å². The molecule has 0 fully saturated rings. The van der Waals surface area contributed by atoms with Crippen LogP contribution in [0.25, 0.3) is 10.2 Å². The lowest BCUT2D eigenvalue weighted by Gasteiger charge is -2.10. The van der Waals surface area contributed by atoms with Crippen molar-refractivity contribution in [1.29, 1.82) is 0 Å². The molecule has 0 aliphatic rings. The number of fused-ring (bicyclic) bond motifs is 1. The molecule has 18 heavy (non-hydrogen) atoms. The molecule has 1 aromatic carbocycles. The number of carboxylic acids is 1. The van der Waals surface area contributed by atoms with E-state index < -0.39 is 5.97 Å². The summed E-state index contributed by atoms with van der Waals surface area (Å²) in [6.07, 6.45) is -0.0510. The first kappa shape index (κ1) is 12.6. The minimum Gasteiger partial charge on any atom is -0.489 e. The number of nitrogens with zero attached hydrogens (tertiary/aromatic N) is 1. The molecule has 5 nitrogen and oxygen atoms in total. The van der Waals surface area contributed by atoms with E-state index in [9.17, 15) is 4.79 Å². The fraction of sp³-hybridized carbons (Fsp3) is 0.333. The quantitative estimate of drug-likeness (QED) is 0.922. The Labute approximate surface area is 108 Å². The third-order valence-electron chi connectivity index (χ3n) is 2.22. The summed E-state index contributed by atoms with van der Waals surface area (Å²) in [7, 11) is 1.53. The van der Waals surface area contributed by atoms with Crippen molar-refractivity contribution >= 4 is 27.5 Å². The third kappa shape index (κ3) is 2.38. The van der Waals surface area contributed by atoms with Crippen LogP contribution in [0.3, 0.4) is 0 Å². The zero-order chi connectivity index (χ0) is 13.3. The van der Waals surface area contributed by atoms with E-state index in [-0.39, 0.29) is 11.7 Å². The largest absolute Gasteiger partial charge is 0.489 e. The number of aromatic carboxylic acids is 1. The van der Waals surface area contributed by atoms with Gasteiger partial charge in [-0.2, -0.15) is 4.98 Å². The molecule has 0 aliphatic heterocycles. The van der Waals surface area contributed by atoms with Gasteiger partial charge in [0.05, 0.1) is 23.5 Å². The number of rotatable bonds is 4. The first-order valence-corrected chi connectivity index (χ1v) is 6.21. The van der Waals surface area contributed by atoms with E-state index in [4.69, 9.17) is 14.6 Å². The van der Waals surface area contributed by atoms with Gasteiger partial charge in [0, 0.05) is 0 Å². The van der Waals surface area contributed by atoms with Crippen molar-refractivity contribution in [3.05, 3.63) is 17.7 Å². The standard InChI is InChI=1S/C12H13NO4S/c1-6(2)17-8-4-7(11(14)15)5-9-10(8)13-12(16-3)18-9/h4-6H,1-3H3,(H,14,15). The summed E-state index contributed by atoms with van der Waals surface area (Å²) in [6.45, 7) is 3.76. The summed E-state index contributed by atoms with van der Waals surface area (Å²) in [5.74, 6) is -0.516. The first-order chi connectivity index (χ1) is 8.51. The summed E-state index contributed by atoms with van der Waals surface area (Å²) in [6, 6.07) is 3.06. The van der Waals surface area contributed by atoms with Crippen LogP contribution in [0.15, 0.2) is 12.1 Å². The van der Waals surface area contributed by atoms with Crippen molar-refractivity contribution in [3.8, 4) is 10.9 Å². The number of ether oxygens (including phenoxy) is 2. The second kappa shape index (κ2) is 4.81. The van der Waals surface area contributed by atoms with E-state index in [1.54, 1.807) is 6.07 Å². The van der Waals surface area contributed by atoms with Crippen LogP contribution in [0.5, 0.6) is 10.9 Å². The van der Waals surface area contributed by atoms with Crippen molar-refractivity contribution in [2.24, 2.45) is 0 Å². The average Bonchev–Trinajstić information content (AvgIpc) is 2.71. The van der Waals surface area contributed by atoms with Gasteiger partial charge in [-0.15, -0.1) is 0 Å². The fourth-order valence-corrected chi connectivity index (χ4v) is 2.37. The number of carbonyl (C=O) groups is 1. The maximum absolute atomic E-state index is 11.1. The van der Waals surface area contributed by atoms with Crippen LogP contribution in [0, 0.1) is 0 Å². The maximum atomic E-state index is 11.1. The van der Waals surface area contributed by atoms with Gasteiger partial charge in [-0.3, -0.25) is 0 Å². The Balaban J connectivity index is 2.62. The summed E-state index contributed by atoms with van der Waals surface area (Å²) < 4.78 is 11.4. The van der Waals surface area contributed by atoms with Gasteiger partial charge in [0.2, 0.25) is 0 Å². The minimum absolute atomic E-state index is 0.0510. The molecule has 0 unspecified atom stereocenters. The second-order valence-electron chi connectivity index (χ2n) is 3.98. The van der Waals surface area contributed by atoms with Crippen molar-refractivity contribution in [2.75, 3.05) is 7.11 Å². The normalized spacial score (nSPS) is 10.9. The Bertz CT molecular complexity index is 591. The SMILES string of the molecule is COc1nc2c(OC(C)C)cc(C(=O)O)cc2s1. The van der Waals surface area contributed by atoms with Gasteiger partial charge in [0.25, 0.3) is 5.19 Å². The van der Waals surface area contributed by atoms with Gasteiger partial charge >= 0.3 is 5.97 Å². The number of aromatic nitrogens is 1. The molecule has 0 saturated heterocycles. The van der Waals surface area contributed by atoms with E-state index in [2.05, 4.69) is 4.98 Å². The molecule has 0 aliphatic carbocycles. The molecule has 1 aromatic heterocycles. The van der Waals surface area contributed by atoms with Crippen LogP contribution in [-0.4, -0.2) is 29.3 Å². The molecule has 1 N–H and O–H groups in total. The highest BCUT2D eigenvalue weighted by molar-refractivity contribution is 7.20. The second-order valence-corrected chi connectivity index (χ2v) is 4.97. The molecule has 0 spiro atoms. The van der Waals surface area contributed by atoms with Crippen LogP contribution in [0.1, 0.15) is 24.2 Å². The lowest BCUT2D eigenvalue weighted by Crippen LogP contribution is -2.07. The van der Waals surface area contributed by atoms with Gasteiger partial charge in [0.1, 0.15) is 11.3 Å². The molecule has 2 aromatic rings. The third-order valence-corrected chi connectivity index (χ3v) is 3.19. The highest BCUT2D eigenvalue weighted by Gasteiger charge is 2.15. The van der Waals surface area contributed by atoms with Crippen LogP contribution >= 0.6 is 11.3 Å². The van der Waals surface area contributed by atoms with E-state index in [0.717, 1.165) is 4.70 Å². The van der Waals surface area contributed by atoms with Crippen molar-refractivity contribution < 1.29 is 19.4 Å². The predicted molar refractivity (Wildman–Crippen MR) is 68.9 cm³/mol. The molecule has 96 valence electrons. The van der Waals surface area contributed by atoms with Gasteiger partial charge < -0.3 is 14.6 Å². The zero-order valence-electron chi connectivity index (χ0n) is 10.3. The summed E-state index contributed by atoms with van der Waals surface area (Å²) >= 11 is 1.29. The molecule has 0 atom stereocenters. The smallest absolute Gasteiger partial charge is 0.335 e. The number of benzene rings is 1. The predicted octanol–water partition coefficient (Wildman–Crippen LogP) is 2.79. The maximum Gasteiger partial charge on any atom is 0.335 e. The van der Waals surface area contributed by atoms with Crippen LogP contribution in [0.4, 0.5) is 0 Å². The molecule has 0 bridgehead atoms. The van der Waals surface area contributed by atoms with Crippen LogP contribution < -0.4 is 9.47 Å². The molecule has 2 rings (SSSR count). The Hall–Kier alpha value is -1.82. The Kier molecular flexibility index (Phi) is 3.38. The lowest BCUT2D eigenvalue weighted by molar-refractivity contribution is 0.0696. The van der Waals surface area contributed by atoms with Gasteiger partial charge in [-0.1, -0.05) is 11.3 Å². The number of carboxylic acid groups (broad SMARTS) is 1. The molecule has 6 heteroatoms. The van der Waals surface area contributed by atoms with E-state index >= 15 is 0 Å². The fourth-order valence-electron chi connectivity index (χ4n) is 1.53. The number of thiazole rings is 1. The summed E-state index contributed by atoms with van der Waals surface area (Å²) in [4.78, 5) is 15.3. The minimum atomic E-state index is -0.988. The highest BCUT2D eigenvalue weighted by Crippen LogP contribution is 2.35. The Morgan fingerprint density at radius 2 is 2.17 bits per heavy atom. The van der Waals surface area contributed by atoms with E-state index in [1.807, 2.05) is 13.8 Å². The number of hydrogen-bond acceptors (Lipinski definition) is 5. The van der Waals surface area contributed by atoms with Crippen molar-refractivity contribution in [3.63, 3.8) is 0 Å². The first-order valence-electron chi connectivity index (χ1n) is 5.39. The number of methoxy groups -OCH3 is 1. The lowest BCUT2D eigenvalue weighted by atomic mass is 10.2.